The van der Waals surface area contributed by atoms with Crippen LogP contribution in [0.5, 0.6) is 0 Å². The summed E-state index contributed by atoms with van der Waals surface area (Å²) in [6.45, 7) is 7.61. The Morgan fingerprint density at radius 1 is 1.04 bits per heavy atom. The summed E-state index contributed by atoms with van der Waals surface area (Å²) in [4.78, 5) is 27.3. The quantitative estimate of drug-likeness (QED) is 0.163. The lowest BCUT2D eigenvalue weighted by atomic mass is 9.87. The van der Waals surface area contributed by atoms with Gasteiger partial charge in [-0.25, -0.2) is 0 Å². The first kappa shape index (κ1) is 32.9. The SMILES string of the molecule is C=C(C)N.CCC1=C(N(C)c2ccc(/C=C/C(=O)NCc3ccco3)cc2)c2cc(NC(=O)c3ccccc3Cl)ccc2CC1. The molecule has 0 unspecified atom stereocenters. The van der Waals surface area contributed by atoms with Crippen molar-refractivity contribution in [3.63, 3.8) is 0 Å². The minimum atomic E-state index is -0.237. The summed E-state index contributed by atoms with van der Waals surface area (Å²) >= 11 is 6.25. The van der Waals surface area contributed by atoms with E-state index in [1.54, 1.807) is 49.6 Å². The number of rotatable bonds is 9. The first-order valence-corrected chi connectivity index (χ1v) is 15.2. The molecule has 0 atom stereocenters. The van der Waals surface area contributed by atoms with Gasteiger partial charge in [0.05, 0.1) is 23.4 Å². The van der Waals surface area contributed by atoms with Gasteiger partial charge in [0.25, 0.3) is 5.91 Å². The van der Waals surface area contributed by atoms with Gasteiger partial charge in [0, 0.05) is 35.8 Å². The Labute approximate surface area is 270 Å². The normalized spacial score (nSPS) is 12.2. The summed E-state index contributed by atoms with van der Waals surface area (Å²) in [5.74, 6) is 0.287. The van der Waals surface area contributed by atoms with E-state index in [1.165, 1.54) is 17.2 Å². The monoisotopic (exact) mass is 622 g/mol. The number of amides is 2. The van der Waals surface area contributed by atoms with E-state index in [0.29, 0.717) is 28.6 Å². The van der Waals surface area contributed by atoms with Gasteiger partial charge in [-0.3, -0.25) is 9.59 Å². The number of hydrogen-bond donors (Lipinski definition) is 3. The molecular formula is C37H39ClN4O3. The number of fused-ring (bicyclic) bond motifs is 1. The predicted octanol–water partition coefficient (Wildman–Crippen LogP) is 8.20. The van der Waals surface area contributed by atoms with Gasteiger partial charge < -0.3 is 25.7 Å². The molecule has 1 aromatic heterocycles. The molecule has 0 aliphatic heterocycles. The summed E-state index contributed by atoms with van der Waals surface area (Å²) in [6.07, 6.45) is 7.78. The summed E-state index contributed by atoms with van der Waals surface area (Å²) in [5, 5.41) is 6.25. The van der Waals surface area contributed by atoms with Gasteiger partial charge in [-0.15, -0.1) is 0 Å². The molecule has 1 aliphatic carbocycles. The van der Waals surface area contributed by atoms with Crippen LogP contribution in [0.1, 0.15) is 59.5 Å². The van der Waals surface area contributed by atoms with Crippen LogP contribution >= 0.6 is 11.6 Å². The van der Waals surface area contributed by atoms with Crippen molar-refractivity contribution in [3.8, 4) is 0 Å². The van der Waals surface area contributed by atoms with E-state index in [4.69, 9.17) is 21.8 Å². The Balaban J connectivity index is 0.00000109. The number of nitrogens with zero attached hydrogens (tertiary/aromatic N) is 1. The number of nitrogens with two attached hydrogens (primary N) is 1. The third-order valence-corrected chi connectivity index (χ3v) is 7.59. The molecule has 232 valence electrons. The molecule has 4 N–H and O–H groups in total. The summed E-state index contributed by atoms with van der Waals surface area (Å²) in [6, 6.07) is 24.9. The van der Waals surface area contributed by atoms with E-state index < -0.39 is 0 Å². The smallest absolute Gasteiger partial charge is 0.257 e. The Bertz CT molecular complexity index is 1700. The van der Waals surface area contributed by atoms with Crippen molar-refractivity contribution in [3.05, 3.63) is 142 Å². The number of carbonyl (C=O) groups excluding carboxylic acids is 2. The number of benzene rings is 3. The molecule has 1 aliphatic rings. The van der Waals surface area contributed by atoms with Crippen molar-refractivity contribution in [1.82, 2.24) is 5.32 Å². The molecule has 0 saturated carbocycles. The highest BCUT2D eigenvalue weighted by atomic mass is 35.5. The first-order valence-electron chi connectivity index (χ1n) is 14.8. The number of halogens is 1. The molecule has 0 spiro atoms. The number of furan rings is 1. The fraction of sp³-hybridized carbons (Fsp3) is 0.189. The molecule has 0 bridgehead atoms. The third kappa shape index (κ3) is 9.00. The van der Waals surface area contributed by atoms with E-state index in [-0.39, 0.29) is 11.8 Å². The molecule has 7 nitrogen and oxygen atoms in total. The molecule has 2 amide bonds. The highest BCUT2D eigenvalue weighted by Gasteiger charge is 2.23. The van der Waals surface area contributed by atoms with Gasteiger partial charge in [-0.05, 0) is 103 Å². The molecule has 0 saturated heterocycles. The summed E-state index contributed by atoms with van der Waals surface area (Å²) in [7, 11) is 2.07. The maximum atomic E-state index is 12.9. The topological polar surface area (TPSA) is 101 Å². The van der Waals surface area contributed by atoms with Gasteiger partial charge in [0.1, 0.15) is 5.76 Å². The minimum Gasteiger partial charge on any atom is -0.467 e. The second-order valence-electron chi connectivity index (χ2n) is 10.7. The molecule has 45 heavy (non-hydrogen) atoms. The Kier molecular flexibility index (Phi) is 11.4. The van der Waals surface area contributed by atoms with E-state index in [9.17, 15) is 9.59 Å². The van der Waals surface area contributed by atoms with Crippen molar-refractivity contribution in [2.45, 2.75) is 39.7 Å². The number of carbonyl (C=O) groups is 2. The Hall–Kier alpha value is -5.01. The van der Waals surface area contributed by atoms with Gasteiger partial charge >= 0.3 is 0 Å². The number of anilines is 2. The number of nitrogens with one attached hydrogen (secondary N) is 2. The maximum Gasteiger partial charge on any atom is 0.257 e. The van der Waals surface area contributed by atoms with Crippen LogP contribution in [0.2, 0.25) is 5.02 Å². The predicted molar refractivity (Wildman–Crippen MR) is 185 cm³/mol. The van der Waals surface area contributed by atoms with Gasteiger partial charge in [-0.2, -0.15) is 0 Å². The Morgan fingerprint density at radius 2 is 1.78 bits per heavy atom. The summed E-state index contributed by atoms with van der Waals surface area (Å²) < 4.78 is 5.25. The molecule has 8 heteroatoms. The zero-order valence-electron chi connectivity index (χ0n) is 25.9. The lowest BCUT2D eigenvalue weighted by Gasteiger charge is -2.31. The average Bonchev–Trinajstić information content (AvgIpc) is 3.56. The van der Waals surface area contributed by atoms with Crippen molar-refractivity contribution in [1.29, 1.82) is 0 Å². The van der Waals surface area contributed by atoms with Crippen LogP contribution in [0.25, 0.3) is 11.8 Å². The van der Waals surface area contributed by atoms with Crippen molar-refractivity contribution in [2.24, 2.45) is 5.73 Å². The highest BCUT2D eigenvalue weighted by Crippen LogP contribution is 2.38. The lowest BCUT2D eigenvalue weighted by Crippen LogP contribution is -2.22. The second kappa shape index (κ2) is 15.6. The first-order chi connectivity index (χ1) is 21.7. The highest BCUT2D eigenvalue weighted by molar-refractivity contribution is 6.34. The molecule has 0 fully saturated rings. The van der Waals surface area contributed by atoms with E-state index in [2.05, 4.69) is 60.3 Å². The van der Waals surface area contributed by atoms with Gasteiger partial charge in [0.15, 0.2) is 0 Å². The minimum absolute atomic E-state index is 0.184. The van der Waals surface area contributed by atoms with Crippen LogP contribution in [-0.4, -0.2) is 18.9 Å². The van der Waals surface area contributed by atoms with Crippen molar-refractivity contribution in [2.75, 3.05) is 17.3 Å². The van der Waals surface area contributed by atoms with Crippen LogP contribution in [0, 0.1) is 0 Å². The van der Waals surface area contributed by atoms with Crippen LogP contribution < -0.4 is 21.3 Å². The van der Waals surface area contributed by atoms with Crippen molar-refractivity contribution >= 4 is 46.6 Å². The number of allylic oxidation sites excluding steroid dienone is 2. The molecule has 3 aromatic carbocycles. The van der Waals surface area contributed by atoms with Gasteiger partial charge in [0.2, 0.25) is 5.91 Å². The molecule has 1 heterocycles. The zero-order valence-corrected chi connectivity index (χ0v) is 26.7. The standard InChI is InChI=1S/C34H32ClN3O3.C3H7N/c1-3-24-13-14-25-15-16-26(37-34(40)29-8-4-5-9-31(29)35)21-30(25)33(24)38(2)27-17-10-23(11-18-27)12-19-32(39)36-22-28-7-6-20-41-28;1-3(2)4/h4-12,15-21H,3,13-14,22H2,1-2H3,(H,36,39)(H,37,40);1,4H2,2H3/b19-12+;. The largest absolute Gasteiger partial charge is 0.467 e. The molecular weight excluding hydrogens is 584 g/mol. The van der Waals surface area contributed by atoms with Crippen LogP contribution in [0.3, 0.4) is 0 Å². The van der Waals surface area contributed by atoms with E-state index >= 15 is 0 Å². The fourth-order valence-corrected chi connectivity index (χ4v) is 5.27. The Morgan fingerprint density at radius 3 is 2.44 bits per heavy atom. The van der Waals surface area contributed by atoms with Crippen LogP contribution in [0.15, 0.2) is 113 Å². The number of aryl methyl sites for hydroxylation is 1. The summed E-state index contributed by atoms with van der Waals surface area (Å²) in [5.41, 5.74) is 13.6. The maximum absolute atomic E-state index is 12.9. The van der Waals surface area contributed by atoms with E-state index in [0.717, 1.165) is 47.5 Å². The third-order valence-electron chi connectivity index (χ3n) is 7.26. The average molecular weight is 623 g/mol. The molecule has 0 radical (unpaired) electrons. The molecule has 4 aromatic rings. The van der Waals surface area contributed by atoms with Crippen LogP contribution in [0.4, 0.5) is 11.4 Å². The molecule has 5 rings (SSSR count). The van der Waals surface area contributed by atoms with Crippen molar-refractivity contribution < 1.29 is 14.0 Å². The van der Waals surface area contributed by atoms with E-state index in [1.807, 2.05) is 24.3 Å². The van der Waals surface area contributed by atoms with Crippen LogP contribution in [-0.2, 0) is 17.8 Å². The second-order valence-corrected chi connectivity index (χ2v) is 11.1. The fourth-order valence-electron chi connectivity index (χ4n) is 5.05. The zero-order chi connectivity index (χ0) is 32.3. The lowest BCUT2D eigenvalue weighted by molar-refractivity contribution is -0.116. The number of hydrogen-bond acceptors (Lipinski definition) is 5. The van der Waals surface area contributed by atoms with Gasteiger partial charge in [-0.1, -0.05) is 55.4 Å².